The first-order valence-corrected chi connectivity index (χ1v) is 10.5. The lowest BCUT2D eigenvalue weighted by Gasteiger charge is -2.45. The van der Waals surface area contributed by atoms with E-state index in [0.717, 1.165) is 5.56 Å². The van der Waals surface area contributed by atoms with Crippen LogP contribution in [0.5, 0.6) is 0 Å². The van der Waals surface area contributed by atoms with Gasteiger partial charge in [-0.15, -0.1) is 0 Å². The first-order valence-electron chi connectivity index (χ1n) is 10.5. The molecule has 1 fully saturated rings. The Balaban J connectivity index is 1.87. The standard InChI is InChI=1S/C24H28N2O6/c1-15-20(25-16(2)27)22(32-23(29)19-12-8-5-9-13-19)21(26-17(3)28)24(31-15)30-14-18-10-6-4-7-11-18/h4-13,15,20-22,24H,14H2,1-3H3,(H,25,27)(H,26,28)/t15-,20-,21-,22+,24-/m0/s1. The van der Waals surface area contributed by atoms with E-state index in [2.05, 4.69) is 10.6 Å². The van der Waals surface area contributed by atoms with Crippen molar-refractivity contribution in [1.82, 2.24) is 10.6 Å². The summed E-state index contributed by atoms with van der Waals surface area (Å²) >= 11 is 0. The molecule has 0 saturated carbocycles. The van der Waals surface area contributed by atoms with E-state index >= 15 is 0 Å². The Morgan fingerprint density at radius 1 is 0.875 bits per heavy atom. The normalized spacial score (nSPS) is 24.9. The summed E-state index contributed by atoms with van der Waals surface area (Å²) < 4.78 is 17.8. The largest absolute Gasteiger partial charge is 0.454 e. The maximum absolute atomic E-state index is 12.8. The van der Waals surface area contributed by atoms with Gasteiger partial charge in [0.15, 0.2) is 6.29 Å². The van der Waals surface area contributed by atoms with Gasteiger partial charge in [-0.25, -0.2) is 4.79 Å². The van der Waals surface area contributed by atoms with Crippen molar-refractivity contribution < 1.29 is 28.6 Å². The summed E-state index contributed by atoms with van der Waals surface area (Å²) in [5.41, 5.74) is 1.28. The predicted molar refractivity (Wildman–Crippen MR) is 116 cm³/mol. The number of carbonyl (C=O) groups is 3. The molecule has 1 aliphatic rings. The average molecular weight is 440 g/mol. The molecule has 32 heavy (non-hydrogen) atoms. The van der Waals surface area contributed by atoms with Crippen LogP contribution in [0.25, 0.3) is 0 Å². The summed E-state index contributed by atoms with van der Waals surface area (Å²) in [5, 5.41) is 5.57. The summed E-state index contributed by atoms with van der Waals surface area (Å²) in [6.07, 6.45) is -2.36. The van der Waals surface area contributed by atoms with E-state index in [1.807, 2.05) is 30.3 Å². The van der Waals surface area contributed by atoms with E-state index in [0.29, 0.717) is 5.56 Å². The number of amides is 2. The van der Waals surface area contributed by atoms with E-state index in [-0.39, 0.29) is 18.4 Å². The zero-order chi connectivity index (χ0) is 23.1. The van der Waals surface area contributed by atoms with Crippen LogP contribution < -0.4 is 10.6 Å². The van der Waals surface area contributed by atoms with Crippen LogP contribution in [0.1, 0.15) is 36.7 Å². The molecule has 0 unspecified atom stereocenters. The Morgan fingerprint density at radius 3 is 2.03 bits per heavy atom. The number of carbonyl (C=O) groups excluding carboxylic acids is 3. The molecular weight excluding hydrogens is 412 g/mol. The van der Waals surface area contributed by atoms with Crippen molar-refractivity contribution >= 4 is 17.8 Å². The van der Waals surface area contributed by atoms with Crippen LogP contribution in [0.3, 0.4) is 0 Å². The van der Waals surface area contributed by atoms with Gasteiger partial charge in [-0.3, -0.25) is 9.59 Å². The molecule has 0 spiro atoms. The summed E-state index contributed by atoms with van der Waals surface area (Å²) in [6.45, 7) is 4.72. The van der Waals surface area contributed by atoms with Crippen molar-refractivity contribution in [3.63, 3.8) is 0 Å². The molecular formula is C24H28N2O6. The van der Waals surface area contributed by atoms with Crippen LogP contribution in [0.15, 0.2) is 60.7 Å². The SMILES string of the molecule is CC(=O)N[C@@H]1[C@@H](OCc2ccccc2)O[C@@H](C)[C@H](NC(C)=O)[C@H]1OC(=O)c1ccccc1. The van der Waals surface area contributed by atoms with Crippen molar-refractivity contribution in [2.24, 2.45) is 0 Å². The summed E-state index contributed by atoms with van der Waals surface area (Å²) in [4.78, 5) is 36.7. The molecule has 0 radical (unpaired) electrons. The average Bonchev–Trinajstić information content (AvgIpc) is 2.77. The van der Waals surface area contributed by atoms with Gasteiger partial charge in [0.1, 0.15) is 12.1 Å². The summed E-state index contributed by atoms with van der Waals surface area (Å²) in [5.74, 6) is -1.22. The lowest BCUT2D eigenvalue weighted by Crippen LogP contribution is -2.68. The van der Waals surface area contributed by atoms with Crippen molar-refractivity contribution in [3.05, 3.63) is 71.8 Å². The second kappa shape index (κ2) is 10.9. The minimum absolute atomic E-state index is 0.235. The Hall–Kier alpha value is -3.23. The van der Waals surface area contributed by atoms with Crippen LogP contribution in [0, 0.1) is 0 Å². The maximum Gasteiger partial charge on any atom is 0.338 e. The second-order valence-corrected chi connectivity index (χ2v) is 7.69. The van der Waals surface area contributed by atoms with E-state index in [4.69, 9.17) is 14.2 Å². The number of esters is 1. The number of hydrogen-bond donors (Lipinski definition) is 2. The third-order valence-corrected chi connectivity index (χ3v) is 5.11. The first-order chi connectivity index (χ1) is 15.3. The Bertz CT molecular complexity index is 921. The van der Waals surface area contributed by atoms with Crippen LogP contribution >= 0.6 is 0 Å². The fourth-order valence-electron chi connectivity index (χ4n) is 3.65. The van der Waals surface area contributed by atoms with Crippen LogP contribution in [0.4, 0.5) is 0 Å². The molecule has 1 aliphatic heterocycles. The quantitative estimate of drug-likeness (QED) is 0.640. The lowest BCUT2D eigenvalue weighted by molar-refractivity contribution is -0.240. The summed E-state index contributed by atoms with van der Waals surface area (Å²) in [7, 11) is 0. The number of benzene rings is 2. The minimum Gasteiger partial charge on any atom is -0.454 e. The fourth-order valence-corrected chi connectivity index (χ4v) is 3.65. The number of nitrogens with one attached hydrogen (secondary N) is 2. The van der Waals surface area contributed by atoms with Gasteiger partial charge in [0, 0.05) is 13.8 Å². The molecule has 5 atom stereocenters. The van der Waals surface area contributed by atoms with Gasteiger partial charge in [0.2, 0.25) is 11.8 Å². The Kier molecular flexibility index (Phi) is 7.97. The van der Waals surface area contributed by atoms with Crippen LogP contribution in [-0.4, -0.2) is 48.4 Å². The van der Waals surface area contributed by atoms with E-state index in [9.17, 15) is 14.4 Å². The molecule has 3 rings (SSSR count). The molecule has 170 valence electrons. The zero-order valence-corrected chi connectivity index (χ0v) is 18.3. The van der Waals surface area contributed by atoms with Gasteiger partial charge in [0.05, 0.1) is 24.3 Å². The van der Waals surface area contributed by atoms with E-state index in [1.54, 1.807) is 37.3 Å². The highest BCUT2D eigenvalue weighted by atomic mass is 16.7. The topological polar surface area (TPSA) is 103 Å². The molecule has 8 heteroatoms. The van der Waals surface area contributed by atoms with Crippen molar-refractivity contribution in [1.29, 1.82) is 0 Å². The van der Waals surface area contributed by atoms with Crippen molar-refractivity contribution in [2.45, 2.75) is 58.0 Å². The molecule has 2 amide bonds. The minimum atomic E-state index is -0.917. The number of hydrogen-bond acceptors (Lipinski definition) is 6. The van der Waals surface area contributed by atoms with Gasteiger partial charge < -0.3 is 24.8 Å². The molecule has 0 aliphatic carbocycles. The van der Waals surface area contributed by atoms with E-state index in [1.165, 1.54) is 13.8 Å². The predicted octanol–water partition coefficient (Wildman–Crippen LogP) is 2.18. The third kappa shape index (κ3) is 6.15. The highest BCUT2D eigenvalue weighted by molar-refractivity contribution is 5.89. The number of rotatable bonds is 7. The Labute approximate surface area is 187 Å². The van der Waals surface area contributed by atoms with Crippen molar-refractivity contribution in [3.8, 4) is 0 Å². The van der Waals surface area contributed by atoms with Crippen molar-refractivity contribution in [2.75, 3.05) is 0 Å². The molecule has 0 aromatic heterocycles. The molecule has 0 bridgehead atoms. The fraction of sp³-hybridized carbons (Fsp3) is 0.375. The van der Waals surface area contributed by atoms with Crippen LogP contribution in [-0.2, 0) is 30.4 Å². The highest BCUT2D eigenvalue weighted by Crippen LogP contribution is 2.26. The third-order valence-electron chi connectivity index (χ3n) is 5.11. The number of ether oxygens (including phenoxy) is 3. The van der Waals surface area contributed by atoms with Gasteiger partial charge in [-0.2, -0.15) is 0 Å². The van der Waals surface area contributed by atoms with Gasteiger partial charge in [-0.05, 0) is 24.6 Å². The molecule has 2 aromatic carbocycles. The van der Waals surface area contributed by atoms with Gasteiger partial charge >= 0.3 is 5.97 Å². The Morgan fingerprint density at radius 2 is 1.44 bits per heavy atom. The lowest BCUT2D eigenvalue weighted by atomic mass is 9.94. The van der Waals surface area contributed by atoms with Gasteiger partial charge in [-0.1, -0.05) is 48.5 Å². The zero-order valence-electron chi connectivity index (χ0n) is 18.3. The second-order valence-electron chi connectivity index (χ2n) is 7.69. The molecule has 8 nitrogen and oxygen atoms in total. The molecule has 2 aromatic rings. The molecule has 1 heterocycles. The maximum atomic E-state index is 12.8. The summed E-state index contributed by atoms with van der Waals surface area (Å²) in [6, 6.07) is 16.5. The smallest absolute Gasteiger partial charge is 0.338 e. The molecule has 2 N–H and O–H groups in total. The highest BCUT2D eigenvalue weighted by Gasteiger charge is 2.48. The van der Waals surface area contributed by atoms with Gasteiger partial charge in [0.25, 0.3) is 0 Å². The first kappa shape index (κ1) is 23.4. The molecule has 1 saturated heterocycles. The van der Waals surface area contributed by atoms with E-state index < -0.39 is 36.6 Å². The monoisotopic (exact) mass is 440 g/mol. The van der Waals surface area contributed by atoms with Crippen LogP contribution in [0.2, 0.25) is 0 Å².